The van der Waals surface area contributed by atoms with Gasteiger partial charge in [-0.1, -0.05) is 32.0 Å². The summed E-state index contributed by atoms with van der Waals surface area (Å²) >= 11 is 0. The van der Waals surface area contributed by atoms with Crippen molar-refractivity contribution in [2.45, 2.75) is 39.3 Å². The molecular weight excluding hydrogens is 441 g/mol. The fraction of sp³-hybridized carbons (Fsp3) is 0.579. The molecule has 0 radical (unpaired) electrons. The summed E-state index contributed by atoms with van der Waals surface area (Å²) in [5.41, 5.74) is 0.954. The van der Waals surface area contributed by atoms with Crippen molar-refractivity contribution in [3.05, 3.63) is 30.3 Å². The van der Waals surface area contributed by atoms with E-state index in [1.54, 1.807) is 7.05 Å². The topological polar surface area (TPSA) is 60.0 Å². The monoisotopic (exact) mass is 473 g/mol. The van der Waals surface area contributed by atoms with Crippen LogP contribution >= 0.6 is 24.0 Å². The summed E-state index contributed by atoms with van der Waals surface area (Å²) < 4.78 is 0. The summed E-state index contributed by atoms with van der Waals surface area (Å²) in [6.45, 7) is 10.1. The number of hydrogen-bond donors (Lipinski definition) is 2. The van der Waals surface area contributed by atoms with Crippen molar-refractivity contribution >= 4 is 41.5 Å². The number of amides is 1. The first-order valence-electron chi connectivity index (χ1n) is 9.15. The van der Waals surface area contributed by atoms with Gasteiger partial charge >= 0.3 is 0 Å². The molecule has 0 saturated carbocycles. The molecule has 6 nitrogen and oxygen atoms in total. The number of likely N-dealkylation sites (N-methyl/N-ethyl adjacent to an activating group) is 1. The number of carbonyl (C=O) groups excluding carboxylic acids is 1. The van der Waals surface area contributed by atoms with E-state index in [2.05, 4.69) is 41.3 Å². The molecular formula is C19H32IN5O. The Hall–Kier alpha value is -1.35. The highest BCUT2D eigenvalue weighted by Gasteiger charge is 2.31. The number of nitrogens with one attached hydrogen (secondary N) is 2. The quantitative estimate of drug-likeness (QED) is 0.363. The van der Waals surface area contributed by atoms with Gasteiger partial charge in [-0.05, 0) is 32.1 Å². The van der Waals surface area contributed by atoms with Gasteiger partial charge in [-0.25, -0.2) is 0 Å². The van der Waals surface area contributed by atoms with Crippen LogP contribution in [-0.2, 0) is 4.79 Å². The van der Waals surface area contributed by atoms with Gasteiger partial charge in [-0.15, -0.1) is 24.0 Å². The van der Waals surface area contributed by atoms with E-state index in [0.29, 0.717) is 19.0 Å². The lowest BCUT2D eigenvalue weighted by Gasteiger charge is -2.27. The number of guanidine groups is 1. The van der Waals surface area contributed by atoms with Crippen LogP contribution in [0.5, 0.6) is 0 Å². The summed E-state index contributed by atoms with van der Waals surface area (Å²) in [4.78, 5) is 20.8. The molecule has 1 saturated heterocycles. The van der Waals surface area contributed by atoms with Gasteiger partial charge in [0.05, 0.1) is 6.04 Å². The molecule has 2 atom stereocenters. The third-order valence-corrected chi connectivity index (χ3v) is 4.76. The number of benzene rings is 1. The van der Waals surface area contributed by atoms with Crippen LogP contribution in [0.3, 0.4) is 0 Å². The van der Waals surface area contributed by atoms with Crippen LogP contribution in [0.2, 0.25) is 0 Å². The van der Waals surface area contributed by atoms with E-state index in [0.717, 1.165) is 31.3 Å². The maximum Gasteiger partial charge on any atom is 0.229 e. The zero-order chi connectivity index (χ0) is 18.2. The third-order valence-electron chi connectivity index (χ3n) is 4.76. The Labute approximate surface area is 174 Å². The summed E-state index contributed by atoms with van der Waals surface area (Å²) in [6, 6.07) is 10.3. The molecule has 2 unspecified atom stereocenters. The van der Waals surface area contributed by atoms with Crippen molar-refractivity contribution in [3.8, 4) is 0 Å². The Balaban J connectivity index is 0.00000338. The zero-order valence-corrected chi connectivity index (χ0v) is 18.6. The maximum atomic E-state index is 12.3. The highest BCUT2D eigenvalue weighted by atomic mass is 127. The Morgan fingerprint density at radius 3 is 2.54 bits per heavy atom. The first kappa shape index (κ1) is 22.7. The third kappa shape index (κ3) is 6.12. The first-order chi connectivity index (χ1) is 12.1. The van der Waals surface area contributed by atoms with Crippen molar-refractivity contribution in [1.29, 1.82) is 0 Å². The zero-order valence-electron chi connectivity index (χ0n) is 16.2. The van der Waals surface area contributed by atoms with Gasteiger partial charge < -0.3 is 15.5 Å². The molecule has 26 heavy (non-hydrogen) atoms. The molecule has 2 N–H and O–H groups in total. The second-order valence-electron chi connectivity index (χ2n) is 6.41. The van der Waals surface area contributed by atoms with Crippen LogP contribution in [-0.4, -0.2) is 62.1 Å². The number of halogens is 1. The lowest BCUT2D eigenvalue weighted by atomic mass is 10.2. The van der Waals surface area contributed by atoms with Gasteiger partial charge in [0.15, 0.2) is 5.96 Å². The molecule has 0 bridgehead atoms. The summed E-state index contributed by atoms with van der Waals surface area (Å²) in [5, 5.41) is 6.77. The van der Waals surface area contributed by atoms with Crippen LogP contribution in [0.15, 0.2) is 35.3 Å². The predicted molar refractivity (Wildman–Crippen MR) is 119 cm³/mol. The van der Waals surface area contributed by atoms with Gasteiger partial charge in [-0.2, -0.15) is 0 Å². The number of para-hydroxylation sites is 1. The summed E-state index contributed by atoms with van der Waals surface area (Å²) in [7, 11) is 1.77. The molecule has 0 aliphatic carbocycles. The van der Waals surface area contributed by atoms with Crippen molar-refractivity contribution in [2.75, 3.05) is 38.1 Å². The highest BCUT2D eigenvalue weighted by molar-refractivity contribution is 14.0. The van der Waals surface area contributed by atoms with Gasteiger partial charge in [0.25, 0.3) is 0 Å². The average Bonchev–Trinajstić information content (AvgIpc) is 3.00. The number of anilines is 1. The van der Waals surface area contributed by atoms with Gasteiger partial charge in [-0.3, -0.25) is 14.7 Å². The van der Waals surface area contributed by atoms with Gasteiger partial charge in [0.1, 0.15) is 0 Å². The first-order valence-corrected chi connectivity index (χ1v) is 9.15. The van der Waals surface area contributed by atoms with Crippen molar-refractivity contribution in [3.63, 3.8) is 0 Å². The van der Waals surface area contributed by atoms with Gasteiger partial charge in [0.2, 0.25) is 5.91 Å². The van der Waals surface area contributed by atoms with E-state index >= 15 is 0 Å². The molecule has 1 amide bonds. The Morgan fingerprint density at radius 1 is 1.31 bits per heavy atom. The van der Waals surface area contributed by atoms with Crippen LogP contribution in [0.25, 0.3) is 0 Å². The minimum atomic E-state index is 0. The minimum Gasteiger partial charge on any atom is -0.355 e. The van der Waals surface area contributed by atoms with E-state index in [1.165, 1.54) is 0 Å². The number of carbonyl (C=O) groups is 1. The molecule has 2 rings (SSSR count). The molecule has 1 aliphatic heterocycles. The van der Waals surface area contributed by atoms with Gasteiger partial charge in [0, 0.05) is 38.3 Å². The maximum absolute atomic E-state index is 12.3. The van der Waals surface area contributed by atoms with E-state index < -0.39 is 0 Å². The van der Waals surface area contributed by atoms with Crippen molar-refractivity contribution in [2.24, 2.45) is 4.99 Å². The van der Waals surface area contributed by atoms with E-state index in [4.69, 9.17) is 0 Å². The largest absolute Gasteiger partial charge is 0.355 e. The molecule has 1 aromatic carbocycles. The van der Waals surface area contributed by atoms with Crippen LogP contribution in [0, 0.1) is 0 Å². The number of rotatable bonds is 7. The lowest BCUT2D eigenvalue weighted by molar-refractivity contribution is -0.117. The number of aliphatic imine (C=N–C) groups is 1. The molecule has 7 heteroatoms. The van der Waals surface area contributed by atoms with Crippen molar-refractivity contribution in [1.82, 2.24) is 15.5 Å². The van der Waals surface area contributed by atoms with E-state index in [9.17, 15) is 4.79 Å². The minimum absolute atomic E-state index is 0. The highest BCUT2D eigenvalue weighted by Crippen LogP contribution is 2.20. The second kappa shape index (κ2) is 11.4. The van der Waals surface area contributed by atoms with Crippen LogP contribution in [0.1, 0.15) is 27.2 Å². The van der Waals surface area contributed by atoms with Crippen LogP contribution < -0.4 is 15.5 Å². The van der Waals surface area contributed by atoms with Crippen LogP contribution in [0.4, 0.5) is 5.69 Å². The SMILES string of the molecule is CCN(CC)C(C)CNC(=NC)NC1CC(=O)N(c2ccccc2)C1.I. The van der Waals surface area contributed by atoms with E-state index in [1.807, 2.05) is 35.2 Å². The summed E-state index contributed by atoms with van der Waals surface area (Å²) in [6.07, 6.45) is 0.487. The standard InChI is InChI=1S/C19H31N5O.HI/c1-5-23(6-2)15(3)13-21-19(20-4)22-16-12-18(25)24(14-16)17-10-8-7-9-11-17;/h7-11,15-16H,5-6,12-14H2,1-4H3,(H2,20,21,22);1H. The number of nitrogens with zero attached hydrogens (tertiary/aromatic N) is 3. The molecule has 146 valence electrons. The molecule has 0 aromatic heterocycles. The fourth-order valence-corrected chi connectivity index (χ4v) is 3.27. The predicted octanol–water partition coefficient (Wildman–Crippen LogP) is 2.31. The van der Waals surface area contributed by atoms with E-state index in [-0.39, 0.29) is 35.9 Å². The molecule has 1 heterocycles. The molecule has 1 aromatic rings. The Bertz CT molecular complexity index is 577. The Kier molecular flexibility index (Phi) is 9.93. The smallest absolute Gasteiger partial charge is 0.229 e. The average molecular weight is 473 g/mol. The lowest BCUT2D eigenvalue weighted by Crippen LogP contribution is -2.49. The Morgan fingerprint density at radius 2 is 1.96 bits per heavy atom. The molecule has 0 spiro atoms. The normalized spacial score (nSPS) is 18.7. The molecule has 1 aliphatic rings. The number of hydrogen-bond acceptors (Lipinski definition) is 3. The van der Waals surface area contributed by atoms with Crippen molar-refractivity contribution < 1.29 is 4.79 Å². The second-order valence-corrected chi connectivity index (χ2v) is 6.41. The molecule has 1 fully saturated rings. The fourth-order valence-electron chi connectivity index (χ4n) is 3.27. The summed E-state index contributed by atoms with van der Waals surface area (Å²) in [5.74, 6) is 0.905.